The second-order valence-corrected chi connectivity index (χ2v) is 6.10. The third kappa shape index (κ3) is 4.14. The van der Waals surface area contributed by atoms with Gasteiger partial charge in [-0.05, 0) is 50.1 Å². The fourth-order valence-electron chi connectivity index (χ4n) is 2.68. The van der Waals surface area contributed by atoms with Crippen LogP contribution in [-0.4, -0.2) is 31.4 Å². The Morgan fingerprint density at radius 2 is 1.81 bits per heavy atom. The Morgan fingerprint density at radius 3 is 2.54 bits per heavy atom. The lowest BCUT2D eigenvalue weighted by atomic mass is 10.1. The van der Waals surface area contributed by atoms with Crippen LogP contribution in [0.2, 0.25) is 0 Å². The maximum Gasteiger partial charge on any atom is 0.277 e. The summed E-state index contributed by atoms with van der Waals surface area (Å²) < 4.78 is 16.7. The standard InChI is InChI=1S/C20H22N2O4/c1-13-5-4-6-14(2)20(13)26-12-19(23)22-21-15(3)16-7-8-17-18(11-16)25-10-9-24-17/h4-8,11H,9-10,12H2,1-3H3,(H,22,23). The van der Waals surface area contributed by atoms with Crippen molar-refractivity contribution < 1.29 is 19.0 Å². The van der Waals surface area contributed by atoms with Crippen molar-refractivity contribution in [2.24, 2.45) is 5.10 Å². The summed E-state index contributed by atoms with van der Waals surface area (Å²) in [5, 5.41) is 4.14. The van der Waals surface area contributed by atoms with Gasteiger partial charge in [-0.1, -0.05) is 18.2 Å². The molecule has 1 heterocycles. The Morgan fingerprint density at radius 1 is 1.12 bits per heavy atom. The van der Waals surface area contributed by atoms with Crippen LogP contribution in [0.4, 0.5) is 0 Å². The summed E-state index contributed by atoms with van der Waals surface area (Å²) in [5.41, 5.74) is 6.03. The van der Waals surface area contributed by atoms with Crippen LogP contribution in [0.25, 0.3) is 0 Å². The first-order chi connectivity index (χ1) is 12.5. The maximum atomic E-state index is 12.0. The van der Waals surface area contributed by atoms with Crippen LogP contribution < -0.4 is 19.6 Å². The van der Waals surface area contributed by atoms with Crippen molar-refractivity contribution in [2.75, 3.05) is 19.8 Å². The van der Waals surface area contributed by atoms with Crippen LogP contribution >= 0.6 is 0 Å². The molecule has 1 amide bonds. The number of benzene rings is 2. The van der Waals surface area contributed by atoms with Crippen molar-refractivity contribution >= 4 is 11.6 Å². The van der Waals surface area contributed by atoms with Crippen molar-refractivity contribution in [2.45, 2.75) is 20.8 Å². The normalized spacial score (nSPS) is 13.3. The molecule has 3 rings (SSSR count). The van der Waals surface area contributed by atoms with Gasteiger partial charge < -0.3 is 14.2 Å². The molecule has 0 saturated heterocycles. The lowest BCUT2D eigenvalue weighted by Gasteiger charge is -2.18. The average Bonchev–Trinajstić information content (AvgIpc) is 2.65. The zero-order valence-electron chi connectivity index (χ0n) is 15.2. The fraction of sp³-hybridized carbons (Fsp3) is 0.300. The molecule has 0 radical (unpaired) electrons. The summed E-state index contributed by atoms with van der Waals surface area (Å²) in [6.07, 6.45) is 0. The summed E-state index contributed by atoms with van der Waals surface area (Å²) in [7, 11) is 0. The Hall–Kier alpha value is -3.02. The fourth-order valence-corrected chi connectivity index (χ4v) is 2.68. The molecule has 6 heteroatoms. The predicted molar refractivity (Wildman–Crippen MR) is 99.2 cm³/mol. The number of hydrogen-bond acceptors (Lipinski definition) is 5. The molecule has 0 bridgehead atoms. The van der Waals surface area contributed by atoms with E-state index in [-0.39, 0.29) is 12.5 Å². The van der Waals surface area contributed by atoms with E-state index in [1.54, 1.807) is 0 Å². The van der Waals surface area contributed by atoms with Gasteiger partial charge in [0.1, 0.15) is 19.0 Å². The topological polar surface area (TPSA) is 69.2 Å². The maximum absolute atomic E-state index is 12.0. The Balaban J connectivity index is 1.59. The van der Waals surface area contributed by atoms with Gasteiger partial charge in [0.05, 0.1) is 5.71 Å². The number of nitrogens with zero attached hydrogens (tertiary/aromatic N) is 1. The number of nitrogens with one attached hydrogen (secondary N) is 1. The van der Waals surface area contributed by atoms with E-state index in [1.165, 1.54) is 0 Å². The van der Waals surface area contributed by atoms with E-state index in [2.05, 4.69) is 10.5 Å². The van der Waals surface area contributed by atoms with E-state index in [9.17, 15) is 4.79 Å². The minimum atomic E-state index is -0.315. The lowest BCUT2D eigenvalue weighted by Crippen LogP contribution is -2.26. The van der Waals surface area contributed by atoms with E-state index in [4.69, 9.17) is 14.2 Å². The highest BCUT2D eigenvalue weighted by molar-refractivity contribution is 5.99. The molecule has 0 fully saturated rings. The van der Waals surface area contributed by atoms with Crippen molar-refractivity contribution in [1.82, 2.24) is 5.43 Å². The third-order valence-electron chi connectivity index (χ3n) is 4.06. The molecule has 0 unspecified atom stereocenters. The summed E-state index contributed by atoms with van der Waals surface area (Å²) in [4.78, 5) is 12.0. The number of hydrogen-bond donors (Lipinski definition) is 1. The Bertz CT molecular complexity index is 825. The first kappa shape index (κ1) is 17.8. The highest BCUT2D eigenvalue weighted by Crippen LogP contribution is 2.30. The number of para-hydroxylation sites is 1. The summed E-state index contributed by atoms with van der Waals surface area (Å²) >= 11 is 0. The molecule has 2 aromatic carbocycles. The van der Waals surface area contributed by atoms with Crippen molar-refractivity contribution in [3.8, 4) is 17.2 Å². The van der Waals surface area contributed by atoms with Crippen LogP contribution in [0.1, 0.15) is 23.6 Å². The van der Waals surface area contributed by atoms with E-state index in [0.717, 1.165) is 28.2 Å². The molecule has 0 saturated carbocycles. The van der Waals surface area contributed by atoms with Crippen LogP contribution in [0.3, 0.4) is 0 Å². The second-order valence-electron chi connectivity index (χ2n) is 6.10. The van der Waals surface area contributed by atoms with Crippen LogP contribution in [0, 0.1) is 13.8 Å². The average molecular weight is 354 g/mol. The van der Waals surface area contributed by atoms with Gasteiger partial charge in [-0.25, -0.2) is 5.43 Å². The van der Waals surface area contributed by atoms with Crippen molar-refractivity contribution in [1.29, 1.82) is 0 Å². The number of fused-ring (bicyclic) bond motifs is 1. The molecule has 2 aromatic rings. The van der Waals surface area contributed by atoms with E-state index in [1.807, 2.05) is 57.2 Å². The van der Waals surface area contributed by atoms with E-state index in [0.29, 0.717) is 24.7 Å². The molecule has 1 aliphatic heterocycles. The zero-order chi connectivity index (χ0) is 18.5. The number of hydrazone groups is 1. The highest BCUT2D eigenvalue weighted by Gasteiger charge is 2.13. The van der Waals surface area contributed by atoms with Crippen molar-refractivity contribution in [3.05, 3.63) is 53.1 Å². The molecule has 6 nitrogen and oxygen atoms in total. The van der Waals surface area contributed by atoms with Crippen LogP contribution in [0.15, 0.2) is 41.5 Å². The van der Waals surface area contributed by atoms with Crippen LogP contribution in [-0.2, 0) is 4.79 Å². The number of ether oxygens (including phenoxy) is 3. The molecule has 26 heavy (non-hydrogen) atoms. The Labute approximate surface area is 152 Å². The molecule has 0 aliphatic carbocycles. The monoisotopic (exact) mass is 354 g/mol. The number of carbonyl (C=O) groups excluding carboxylic acids is 1. The summed E-state index contributed by atoms with van der Waals surface area (Å²) in [5.74, 6) is 1.83. The number of amides is 1. The number of carbonyl (C=O) groups is 1. The van der Waals surface area contributed by atoms with Gasteiger partial charge in [0.25, 0.3) is 5.91 Å². The number of aryl methyl sites for hydroxylation is 2. The molecule has 0 atom stereocenters. The molecule has 1 aliphatic rings. The van der Waals surface area contributed by atoms with Crippen molar-refractivity contribution in [3.63, 3.8) is 0 Å². The molecule has 0 spiro atoms. The predicted octanol–water partition coefficient (Wildman–Crippen LogP) is 2.99. The number of rotatable bonds is 5. The van der Waals surface area contributed by atoms with Gasteiger partial charge in [-0.15, -0.1) is 0 Å². The molecule has 0 aromatic heterocycles. The minimum absolute atomic E-state index is 0.0936. The largest absolute Gasteiger partial charge is 0.486 e. The van der Waals surface area contributed by atoms with Gasteiger partial charge in [-0.2, -0.15) is 5.10 Å². The minimum Gasteiger partial charge on any atom is -0.486 e. The van der Waals surface area contributed by atoms with Gasteiger partial charge in [0, 0.05) is 5.56 Å². The lowest BCUT2D eigenvalue weighted by molar-refractivity contribution is -0.123. The van der Waals surface area contributed by atoms with Gasteiger partial charge in [0.15, 0.2) is 18.1 Å². The Kier molecular flexibility index (Phi) is 5.41. The van der Waals surface area contributed by atoms with Gasteiger partial charge >= 0.3 is 0 Å². The van der Waals surface area contributed by atoms with E-state index < -0.39 is 0 Å². The first-order valence-electron chi connectivity index (χ1n) is 8.47. The van der Waals surface area contributed by atoms with Gasteiger partial charge in [-0.3, -0.25) is 4.79 Å². The zero-order valence-corrected chi connectivity index (χ0v) is 15.2. The summed E-state index contributed by atoms with van der Waals surface area (Å²) in [6.45, 7) is 6.70. The second kappa shape index (κ2) is 7.91. The summed E-state index contributed by atoms with van der Waals surface area (Å²) in [6, 6.07) is 11.4. The van der Waals surface area contributed by atoms with E-state index >= 15 is 0 Å². The first-order valence-corrected chi connectivity index (χ1v) is 8.47. The highest BCUT2D eigenvalue weighted by atomic mass is 16.6. The third-order valence-corrected chi connectivity index (χ3v) is 4.06. The molecular weight excluding hydrogens is 332 g/mol. The van der Waals surface area contributed by atoms with Gasteiger partial charge in [0.2, 0.25) is 0 Å². The smallest absolute Gasteiger partial charge is 0.277 e. The molecule has 1 N–H and O–H groups in total. The SMILES string of the molecule is CC(=NNC(=O)COc1c(C)cccc1C)c1ccc2c(c1)OCCO2. The molecular formula is C20H22N2O4. The molecule has 136 valence electrons. The quantitative estimate of drug-likeness (QED) is 0.662. The van der Waals surface area contributed by atoms with Crippen LogP contribution in [0.5, 0.6) is 17.2 Å².